The maximum Gasteiger partial charge on any atom is 0.270 e. The normalized spacial score (nSPS) is 10.5. The second-order valence-corrected chi connectivity index (χ2v) is 5.20. The van der Waals surface area contributed by atoms with Gasteiger partial charge in [0.2, 0.25) is 0 Å². The highest BCUT2D eigenvalue weighted by molar-refractivity contribution is 5.92. The Bertz CT molecular complexity index is 611. The van der Waals surface area contributed by atoms with Crippen LogP contribution >= 0.6 is 0 Å². The molecular formula is C16H22N4O2. The first kappa shape index (κ1) is 16.0. The molecule has 6 heteroatoms. The second kappa shape index (κ2) is 7.59. The van der Waals surface area contributed by atoms with Gasteiger partial charge in [-0.2, -0.15) is 0 Å². The summed E-state index contributed by atoms with van der Waals surface area (Å²) in [5.74, 6) is 1.83. The number of nitrogens with zero attached hydrogens (tertiary/aromatic N) is 3. The van der Waals surface area contributed by atoms with Gasteiger partial charge in [0.05, 0.1) is 12.8 Å². The fourth-order valence-electron chi connectivity index (χ4n) is 2.04. The highest BCUT2D eigenvalue weighted by Gasteiger charge is 2.12. The molecule has 0 fully saturated rings. The van der Waals surface area contributed by atoms with E-state index in [4.69, 9.17) is 4.42 Å². The number of carbonyl (C=O) groups is 1. The molecule has 0 aliphatic carbocycles. The van der Waals surface area contributed by atoms with Gasteiger partial charge in [0, 0.05) is 19.7 Å². The molecule has 0 unspecified atom stereocenters. The molecule has 118 valence electrons. The van der Waals surface area contributed by atoms with E-state index >= 15 is 0 Å². The number of nitrogens with one attached hydrogen (secondary N) is 1. The predicted octanol–water partition coefficient (Wildman–Crippen LogP) is 2.54. The number of rotatable bonds is 7. The minimum Gasteiger partial charge on any atom is -0.467 e. The van der Waals surface area contributed by atoms with Crippen LogP contribution in [0.2, 0.25) is 0 Å². The molecule has 0 aliphatic heterocycles. The number of furan rings is 1. The molecule has 0 aromatic carbocycles. The van der Waals surface area contributed by atoms with Crippen LogP contribution in [0.4, 0.5) is 5.82 Å². The molecule has 1 amide bonds. The van der Waals surface area contributed by atoms with Crippen LogP contribution in [0.3, 0.4) is 0 Å². The van der Waals surface area contributed by atoms with Gasteiger partial charge >= 0.3 is 0 Å². The Labute approximate surface area is 130 Å². The third-order valence-corrected chi connectivity index (χ3v) is 3.30. The topological polar surface area (TPSA) is 71.3 Å². The Balaban J connectivity index is 2.06. The summed E-state index contributed by atoms with van der Waals surface area (Å²) < 4.78 is 5.19. The quantitative estimate of drug-likeness (QED) is 0.851. The third kappa shape index (κ3) is 4.31. The van der Waals surface area contributed by atoms with Crippen molar-refractivity contribution in [3.8, 4) is 0 Å². The average Bonchev–Trinajstić information content (AvgIpc) is 3.03. The van der Waals surface area contributed by atoms with E-state index < -0.39 is 0 Å². The van der Waals surface area contributed by atoms with Gasteiger partial charge in [-0.1, -0.05) is 13.3 Å². The lowest BCUT2D eigenvalue weighted by Crippen LogP contribution is -2.26. The van der Waals surface area contributed by atoms with Crippen molar-refractivity contribution in [1.82, 2.24) is 15.3 Å². The first-order chi connectivity index (χ1) is 10.6. The first-order valence-corrected chi connectivity index (χ1v) is 7.47. The number of unbranched alkanes of at least 4 members (excludes halogenated alkanes) is 1. The lowest BCUT2D eigenvalue weighted by atomic mass is 10.3. The van der Waals surface area contributed by atoms with Crippen molar-refractivity contribution in [3.05, 3.63) is 41.7 Å². The number of hydrogen-bond donors (Lipinski definition) is 1. The van der Waals surface area contributed by atoms with E-state index in [1.54, 1.807) is 25.3 Å². The number of amides is 1. The summed E-state index contributed by atoms with van der Waals surface area (Å²) >= 11 is 0. The van der Waals surface area contributed by atoms with Crippen molar-refractivity contribution < 1.29 is 9.21 Å². The highest BCUT2D eigenvalue weighted by Crippen LogP contribution is 2.12. The lowest BCUT2D eigenvalue weighted by molar-refractivity contribution is 0.0942. The Morgan fingerprint density at radius 3 is 2.91 bits per heavy atom. The fourth-order valence-corrected chi connectivity index (χ4v) is 2.04. The molecule has 0 spiro atoms. The zero-order valence-electron chi connectivity index (χ0n) is 13.3. The molecular weight excluding hydrogens is 280 g/mol. The van der Waals surface area contributed by atoms with Crippen LogP contribution in [0.25, 0.3) is 0 Å². The Kier molecular flexibility index (Phi) is 5.52. The summed E-state index contributed by atoms with van der Waals surface area (Å²) in [6, 6.07) is 5.33. The van der Waals surface area contributed by atoms with Gasteiger partial charge in [-0.3, -0.25) is 4.79 Å². The Morgan fingerprint density at radius 1 is 1.41 bits per heavy atom. The largest absolute Gasteiger partial charge is 0.467 e. The van der Waals surface area contributed by atoms with Crippen molar-refractivity contribution in [1.29, 1.82) is 0 Å². The van der Waals surface area contributed by atoms with E-state index in [-0.39, 0.29) is 5.91 Å². The van der Waals surface area contributed by atoms with Gasteiger partial charge in [0.1, 0.15) is 23.1 Å². The Hall–Kier alpha value is -2.37. The molecule has 2 heterocycles. The molecule has 2 aromatic heterocycles. The van der Waals surface area contributed by atoms with Gasteiger partial charge in [-0.05, 0) is 25.5 Å². The molecule has 1 N–H and O–H groups in total. The maximum absolute atomic E-state index is 12.2. The van der Waals surface area contributed by atoms with Crippen LogP contribution in [0.5, 0.6) is 0 Å². The summed E-state index contributed by atoms with van der Waals surface area (Å²) in [6.07, 6.45) is 3.78. The molecule has 6 nitrogen and oxygen atoms in total. The van der Waals surface area contributed by atoms with E-state index in [9.17, 15) is 4.79 Å². The number of aryl methyl sites for hydroxylation is 1. The molecule has 22 heavy (non-hydrogen) atoms. The number of anilines is 1. The summed E-state index contributed by atoms with van der Waals surface area (Å²) in [5, 5.41) is 2.80. The SMILES string of the molecule is CCCCN(C)c1cc(C(=O)NCc2ccco2)nc(C)n1. The minimum atomic E-state index is -0.230. The molecule has 0 bridgehead atoms. The minimum absolute atomic E-state index is 0.230. The number of carbonyl (C=O) groups excluding carboxylic acids is 1. The molecule has 0 saturated heterocycles. The van der Waals surface area contributed by atoms with E-state index in [0.29, 0.717) is 23.8 Å². The van der Waals surface area contributed by atoms with E-state index in [2.05, 4.69) is 22.2 Å². The first-order valence-electron chi connectivity index (χ1n) is 7.47. The van der Waals surface area contributed by atoms with Crippen molar-refractivity contribution in [2.45, 2.75) is 33.2 Å². The second-order valence-electron chi connectivity index (χ2n) is 5.20. The van der Waals surface area contributed by atoms with Crippen LogP contribution in [0.15, 0.2) is 28.9 Å². The summed E-state index contributed by atoms with van der Waals surface area (Å²) in [7, 11) is 1.97. The molecule has 0 aliphatic rings. The van der Waals surface area contributed by atoms with Crippen LogP contribution in [0.1, 0.15) is 41.8 Å². The van der Waals surface area contributed by atoms with Crippen molar-refractivity contribution in [2.24, 2.45) is 0 Å². The average molecular weight is 302 g/mol. The summed E-state index contributed by atoms with van der Waals surface area (Å²) in [4.78, 5) is 22.9. The predicted molar refractivity (Wildman–Crippen MR) is 84.8 cm³/mol. The monoisotopic (exact) mass is 302 g/mol. The van der Waals surface area contributed by atoms with Crippen LogP contribution in [-0.2, 0) is 6.54 Å². The van der Waals surface area contributed by atoms with Crippen LogP contribution in [0, 0.1) is 6.92 Å². The third-order valence-electron chi connectivity index (χ3n) is 3.30. The van der Waals surface area contributed by atoms with Gasteiger partial charge in [0.25, 0.3) is 5.91 Å². The van der Waals surface area contributed by atoms with Crippen LogP contribution < -0.4 is 10.2 Å². The molecule has 2 rings (SSSR count). The maximum atomic E-state index is 12.2. The molecule has 0 saturated carbocycles. The Morgan fingerprint density at radius 2 is 2.23 bits per heavy atom. The standard InChI is InChI=1S/C16H22N4O2/c1-4-5-8-20(3)15-10-14(18-12(2)19-15)16(21)17-11-13-7-6-9-22-13/h6-7,9-10H,4-5,8,11H2,1-3H3,(H,17,21). The van der Waals surface area contributed by atoms with Crippen molar-refractivity contribution in [3.63, 3.8) is 0 Å². The smallest absolute Gasteiger partial charge is 0.270 e. The highest BCUT2D eigenvalue weighted by atomic mass is 16.3. The van der Waals surface area contributed by atoms with Crippen molar-refractivity contribution >= 4 is 11.7 Å². The summed E-state index contributed by atoms with van der Waals surface area (Å²) in [6.45, 7) is 5.18. The molecule has 2 aromatic rings. The molecule has 0 radical (unpaired) electrons. The van der Waals surface area contributed by atoms with E-state index in [1.807, 2.05) is 18.0 Å². The number of aromatic nitrogens is 2. The van der Waals surface area contributed by atoms with E-state index in [1.165, 1.54) is 0 Å². The van der Waals surface area contributed by atoms with Gasteiger partial charge in [0.15, 0.2) is 0 Å². The lowest BCUT2D eigenvalue weighted by Gasteiger charge is -2.18. The van der Waals surface area contributed by atoms with Gasteiger partial charge < -0.3 is 14.6 Å². The van der Waals surface area contributed by atoms with Crippen LogP contribution in [-0.4, -0.2) is 29.5 Å². The summed E-state index contributed by atoms with van der Waals surface area (Å²) in [5.41, 5.74) is 0.373. The van der Waals surface area contributed by atoms with Crippen molar-refractivity contribution in [2.75, 3.05) is 18.5 Å². The van der Waals surface area contributed by atoms with E-state index in [0.717, 1.165) is 25.2 Å². The zero-order valence-corrected chi connectivity index (χ0v) is 13.3. The zero-order chi connectivity index (χ0) is 15.9. The van der Waals surface area contributed by atoms with Gasteiger partial charge in [-0.25, -0.2) is 9.97 Å². The van der Waals surface area contributed by atoms with Gasteiger partial charge in [-0.15, -0.1) is 0 Å². The fraction of sp³-hybridized carbons (Fsp3) is 0.438. The number of hydrogen-bond acceptors (Lipinski definition) is 5. The molecule has 0 atom stereocenters.